The van der Waals surface area contributed by atoms with Crippen LogP contribution in [0.2, 0.25) is 10.0 Å². The van der Waals surface area contributed by atoms with Crippen molar-refractivity contribution in [2.75, 3.05) is 54.4 Å². The van der Waals surface area contributed by atoms with E-state index in [0.29, 0.717) is 52.3 Å². The van der Waals surface area contributed by atoms with Crippen molar-refractivity contribution in [3.63, 3.8) is 0 Å². The summed E-state index contributed by atoms with van der Waals surface area (Å²) in [5, 5.41) is 15.4. The minimum Gasteiger partial charge on any atom is -0.481 e. The molecule has 5 heterocycles. The highest BCUT2D eigenvalue weighted by molar-refractivity contribution is 7.21. The quantitative estimate of drug-likeness (QED) is 0.293. The number of thiophene rings is 1. The van der Waals surface area contributed by atoms with Gasteiger partial charge >= 0.3 is 5.97 Å². The number of anilines is 3. The van der Waals surface area contributed by atoms with E-state index < -0.39 is 55.7 Å². The second-order valence-corrected chi connectivity index (χ2v) is 12.7. The van der Waals surface area contributed by atoms with E-state index in [1.165, 1.54) is 28.5 Å². The van der Waals surface area contributed by atoms with Gasteiger partial charge in [0.1, 0.15) is 16.5 Å². The van der Waals surface area contributed by atoms with Crippen molar-refractivity contribution in [2.24, 2.45) is 5.92 Å². The summed E-state index contributed by atoms with van der Waals surface area (Å²) in [7, 11) is 0. The van der Waals surface area contributed by atoms with Crippen LogP contribution in [0.5, 0.6) is 0 Å². The molecule has 0 unspecified atom stereocenters. The van der Waals surface area contributed by atoms with Gasteiger partial charge in [-0.15, -0.1) is 11.3 Å². The molecule has 2 aliphatic heterocycles. The van der Waals surface area contributed by atoms with E-state index >= 15 is 0 Å². The summed E-state index contributed by atoms with van der Waals surface area (Å²) in [6.45, 7) is 1.26. The number of nitrogens with zero attached hydrogens (tertiary/aromatic N) is 5. The van der Waals surface area contributed by atoms with Gasteiger partial charge in [0.2, 0.25) is 0 Å². The Morgan fingerprint density at radius 1 is 1.02 bits per heavy atom. The van der Waals surface area contributed by atoms with Crippen LogP contribution in [0, 0.1) is 5.92 Å². The number of carbonyl (C=O) groups excluding carboxylic acids is 1. The largest absolute Gasteiger partial charge is 0.481 e. The summed E-state index contributed by atoms with van der Waals surface area (Å²) < 4.78 is 83.9. The second-order valence-electron chi connectivity index (χ2n) is 9.97. The Bertz CT molecular complexity index is 1840. The van der Waals surface area contributed by atoms with E-state index in [4.69, 9.17) is 41.9 Å². The maximum atomic E-state index is 13.4. The molecule has 13 heteroatoms. The van der Waals surface area contributed by atoms with Gasteiger partial charge in [0.15, 0.2) is 5.13 Å². The van der Waals surface area contributed by atoms with E-state index in [1.54, 1.807) is 11.4 Å². The molecule has 224 valence electrons. The van der Waals surface area contributed by atoms with Gasteiger partial charge in [0.25, 0.3) is 5.91 Å². The normalized spacial score (nSPS) is 28.8. The zero-order valence-corrected chi connectivity index (χ0v) is 25.3. The van der Waals surface area contributed by atoms with Gasteiger partial charge in [0, 0.05) is 70.6 Å². The van der Waals surface area contributed by atoms with Crippen LogP contribution in [0.3, 0.4) is 0 Å². The topological polar surface area (TPSA) is 102 Å². The fourth-order valence-electron chi connectivity index (χ4n) is 5.11. The molecule has 1 saturated carbocycles. The molecule has 9 nitrogen and oxygen atoms in total. The van der Waals surface area contributed by atoms with Crippen molar-refractivity contribution < 1.29 is 28.4 Å². The molecule has 0 spiro atoms. The van der Waals surface area contributed by atoms with Crippen LogP contribution in [0.4, 0.5) is 16.0 Å². The lowest BCUT2D eigenvalue weighted by atomic mass is 9.94. The molecule has 0 bridgehead atoms. The fraction of sp³-hybridized carbons (Fsp3) is 0.517. The average Bonchev–Trinajstić information content (AvgIpc) is 3.70. The van der Waals surface area contributed by atoms with E-state index in [1.807, 2.05) is 9.80 Å². The van der Waals surface area contributed by atoms with E-state index in [0.717, 1.165) is 11.3 Å². The first kappa shape index (κ1) is 19.8. The lowest BCUT2D eigenvalue weighted by molar-refractivity contribution is -0.142. The number of piperidine rings is 1. The average molecular weight is 660 g/mol. The molecule has 3 aromatic rings. The Hall–Kier alpha value is -2.44. The number of pyridine rings is 1. The van der Waals surface area contributed by atoms with Gasteiger partial charge in [-0.25, -0.2) is 9.97 Å². The number of carbonyl (C=O) groups is 2. The Morgan fingerprint density at radius 2 is 1.76 bits per heavy atom. The molecular formula is C29H34Cl2N6O3S2. The Labute approximate surface area is 277 Å². The molecule has 3 fully saturated rings. The molecule has 2 N–H and O–H groups in total. The van der Waals surface area contributed by atoms with E-state index in [-0.39, 0.29) is 41.9 Å². The first-order valence-corrected chi connectivity index (χ1v) is 15.8. The van der Waals surface area contributed by atoms with Gasteiger partial charge in [-0.05, 0) is 37.7 Å². The Morgan fingerprint density at radius 3 is 2.40 bits per heavy atom. The molecule has 42 heavy (non-hydrogen) atoms. The molecular weight excluding hydrogens is 615 g/mol. The predicted octanol–water partition coefficient (Wildman–Crippen LogP) is 6.58. The van der Waals surface area contributed by atoms with Crippen LogP contribution in [-0.2, 0) is 4.79 Å². The SMILES string of the molecule is [2H]C1([2H])C(N2CCN(c3sc(NC(=O)c4cnc(N5CCC(C(=O)O)CC5)c(Cl)c4)nc3-c3cc(Cl)cs3)CC2)C([2H])([2H])C([2H])([2H])C([2H])([2H])C1([2H])[2H]. The number of aliphatic carboxylic acids is 1. The Balaban J connectivity index is 1.21. The zero-order chi connectivity index (χ0) is 38.2. The van der Waals surface area contributed by atoms with Gasteiger partial charge in [-0.3, -0.25) is 19.8 Å². The molecule has 6 rings (SSSR count). The van der Waals surface area contributed by atoms with Crippen molar-refractivity contribution in [2.45, 2.75) is 50.7 Å². The molecule has 1 amide bonds. The third-order valence-corrected chi connectivity index (χ3v) is 9.96. The molecule has 0 aromatic carbocycles. The fourth-order valence-corrected chi connectivity index (χ4v) is 7.56. The summed E-state index contributed by atoms with van der Waals surface area (Å²) in [6, 6.07) is 1.26. The van der Waals surface area contributed by atoms with Crippen LogP contribution < -0.4 is 15.1 Å². The smallest absolute Gasteiger partial charge is 0.306 e. The van der Waals surface area contributed by atoms with Crippen molar-refractivity contribution >= 4 is 73.7 Å². The highest BCUT2D eigenvalue weighted by Crippen LogP contribution is 2.42. The highest BCUT2D eigenvalue weighted by Gasteiger charge is 2.29. The van der Waals surface area contributed by atoms with Gasteiger partial charge < -0.3 is 14.9 Å². The molecule has 0 atom stereocenters. The number of hydrogen-bond acceptors (Lipinski definition) is 9. The van der Waals surface area contributed by atoms with Crippen LogP contribution >= 0.6 is 45.9 Å². The molecule has 3 aliphatic rings. The summed E-state index contributed by atoms with van der Waals surface area (Å²) in [4.78, 5) is 39.6. The lowest BCUT2D eigenvalue weighted by Crippen LogP contribution is -2.50. The predicted molar refractivity (Wildman–Crippen MR) is 171 cm³/mol. The zero-order valence-electron chi connectivity index (χ0n) is 32.2. The first-order chi connectivity index (χ1) is 24.1. The van der Waals surface area contributed by atoms with E-state index in [2.05, 4.69) is 10.3 Å². The van der Waals surface area contributed by atoms with Crippen LogP contribution in [0.1, 0.15) is 68.8 Å². The van der Waals surface area contributed by atoms with Crippen molar-refractivity contribution in [3.05, 3.63) is 39.3 Å². The number of hydrogen-bond donors (Lipinski definition) is 2. The van der Waals surface area contributed by atoms with Crippen molar-refractivity contribution in [3.8, 4) is 10.6 Å². The second kappa shape index (κ2) is 13.1. The number of rotatable bonds is 7. The van der Waals surface area contributed by atoms with Gasteiger partial charge in [0.05, 0.1) is 26.4 Å². The van der Waals surface area contributed by atoms with Crippen LogP contribution in [-0.4, -0.2) is 77.2 Å². The van der Waals surface area contributed by atoms with E-state index in [9.17, 15) is 14.7 Å². The first-order valence-electron chi connectivity index (χ1n) is 18.3. The number of halogens is 2. The third kappa shape index (κ3) is 6.55. The molecule has 2 saturated heterocycles. The maximum absolute atomic E-state index is 13.4. The number of amides is 1. The summed E-state index contributed by atoms with van der Waals surface area (Å²) in [6.07, 6.45) is -14.1. The van der Waals surface area contributed by atoms with Gasteiger partial charge in [-0.2, -0.15) is 0 Å². The summed E-state index contributed by atoms with van der Waals surface area (Å²) in [5.41, 5.74) is 0.673. The summed E-state index contributed by atoms with van der Waals surface area (Å²) >= 11 is 15.3. The number of thiazole rings is 1. The monoisotopic (exact) mass is 658 g/mol. The minimum atomic E-state index is -3.46. The highest BCUT2D eigenvalue weighted by atomic mass is 35.5. The van der Waals surface area contributed by atoms with Crippen LogP contribution in [0.15, 0.2) is 23.7 Å². The molecule has 0 radical (unpaired) electrons. The number of piperazine rings is 1. The summed E-state index contributed by atoms with van der Waals surface area (Å²) in [5.74, 6) is -1.34. The van der Waals surface area contributed by atoms with Crippen LogP contribution in [0.25, 0.3) is 10.6 Å². The number of nitrogens with one attached hydrogen (secondary N) is 1. The van der Waals surface area contributed by atoms with Gasteiger partial charge in [-0.1, -0.05) is 53.7 Å². The lowest BCUT2D eigenvalue weighted by Gasteiger charge is -2.41. The molecule has 3 aromatic heterocycles. The number of carboxylic acids is 1. The Kier molecular flexibility index (Phi) is 6.14. The maximum Gasteiger partial charge on any atom is 0.306 e. The minimum absolute atomic E-state index is 0.00637. The standard InChI is InChI=1S/C29H34Cl2N6O3S2/c30-20-15-23(41-17-20)24-27(37-12-10-35(11-13-37)21-4-2-1-3-5-21)42-29(33-24)34-26(38)19-14-22(31)25(32-16-19)36-8-6-18(7-9-36)28(39)40/h14-18,21H,1-13H2,(H,39,40)(H,33,34,38)/i1D2,2D2,3D2,4D2,5D2. The number of carboxylic acid groups (broad SMARTS) is 1. The third-order valence-electron chi connectivity index (χ3n) is 7.37. The number of aromatic nitrogens is 2. The molecule has 1 aliphatic carbocycles. The van der Waals surface area contributed by atoms with Crippen molar-refractivity contribution in [1.82, 2.24) is 14.9 Å². The van der Waals surface area contributed by atoms with Crippen molar-refractivity contribution in [1.29, 1.82) is 0 Å².